The zero-order chi connectivity index (χ0) is 23.2. The van der Waals surface area contributed by atoms with Crippen LogP contribution in [0.4, 0.5) is 11.5 Å². The maximum atomic E-state index is 13.3. The number of carbonyl (C=O) groups is 1. The Balaban J connectivity index is 1.94. The fraction of sp³-hybridized carbons (Fsp3) is 0.440. The molecule has 2 atom stereocenters. The van der Waals surface area contributed by atoms with Crippen molar-refractivity contribution in [3.05, 3.63) is 62.9 Å². The fourth-order valence-corrected chi connectivity index (χ4v) is 4.93. The van der Waals surface area contributed by atoms with Crippen LogP contribution in [-0.4, -0.2) is 24.4 Å². The number of aryl methyl sites for hydroxylation is 1. The summed E-state index contributed by atoms with van der Waals surface area (Å²) in [6, 6.07) is 7.52. The van der Waals surface area contributed by atoms with Gasteiger partial charge >= 0.3 is 5.97 Å². The first-order chi connectivity index (χ1) is 15.1. The van der Waals surface area contributed by atoms with Crippen molar-refractivity contribution in [2.24, 2.45) is 5.41 Å². The van der Waals surface area contributed by atoms with Gasteiger partial charge in [0.15, 0.2) is 6.29 Å². The summed E-state index contributed by atoms with van der Waals surface area (Å²) in [6.07, 6.45) is 2.09. The van der Waals surface area contributed by atoms with E-state index >= 15 is 0 Å². The van der Waals surface area contributed by atoms with Crippen LogP contribution in [0.1, 0.15) is 62.4 Å². The highest BCUT2D eigenvalue weighted by atomic mass is 35.5. The van der Waals surface area contributed by atoms with Gasteiger partial charge in [0.25, 0.3) is 0 Å². The highest BCUT2D eigenvalue weighted by Gasteiger charge is 2.39. The molecule has 7 heteroatoms. The number of anilines is 2. The Labute approximate surface area is 194 Å². The number of nitrogens with two attached hydrogens (primary N) is 1. The third-order valence-electron chi connectivity index (χ3n) is 6.49. The van der Waals surface area contributed by atoms with Gasteiger partial charge in [-0.3, -0.25) is 0 Å². The van der Waals surface area contributed by atoms with E-state index in [-0.39, 0.29) is 5.41 Å². The van der Waals surface area contributed by atoms with E-state index in [0.717, 1.165) is 41.6 Å². The van der Waals surface area contributed by atoms with Gasteiger partial charge < -0.3 is 20.5 Å². The molecular weight excluding hydrogens is 426 g/mol. The molecule has 2 aromatic rings. The molecule has 1 aliphatic carbocycles. The van der Waals surface area contributed by atoms with Crippen LogP contribution >= 0.6 is 11.6 Å². The lowest BCUT2D eigenvalue weighted by atomic mass is 9.73. The van der Waals surface area contributed by atoms with E-state index in [1.54, 1.807) is 6.92 Å². The second-order valence-electron chi connectivity index (χ2n) is 9.38. The molecule has 0 saturated carbocycles. The van der Waals surface area contributed by atoms with Gasteiger partial charge in [-0.2, -0.15) is 0 Å². The number of rotatable bonds is 4. The quantitative estimate of drug-likeness (QED) is 0.486. The van der Waals surface area contributed by atoms with E-state index < -0.39 is 18.2 Å². The number of hydrogen-bond donors (Lipinski definition) is 2. The number of esters is 1. The van der Waals surface area contributed by atoms with Crippen LogP contribution in [0.15, 0.2) is 35.5 Å². The number of pyridine rings is 1. The summed E-state index contributed by atoms with van der Waals surface area (Å²) in [4.78, 5) is 18.2. The molecule has 0 fully saturated rings. The maximum absolute atomic E-state index is 13.3. The van der Waals surface area contributed by atoms with Gasteiger partial charge in [0.2, 0.25) is 0 Å². The number of halogens is 1. The van der Waals surface area contributed by atoms with Crippen LogP contribution in [0.5, 0.6) is 0 Å². The van der Waals surface area contributed by atoms with E-state index in [4.69, 9.17) is 31.8 Å². The minimum Gasteiger partial charge on any atom is -0.433 e. The van der Waals surface area contributed by atoms with Crippen molar-refractivity contribution in [1.29, 1.82) is 0 Å². The van der Waals surface area contributed by atoms with E-state index in [0.29, 0.717) is 27.8 Å². The van der Waals surface area contributed by atoms with Crippen LogP contribution < -0.4 is 11.1 Å². The van der Waals surface area contributed by atoms with Crippen molar-refractivity contribution in [2.75, 3.05) is 18.2 Å². The topological polar surface area (TPSA) is 86.5 Å². The second-order valence-corrected chi connectivity index (χ2v) is 9.79. The summed E-state index contributed by atoms with van der Waals surface area (Å²) in [5, 5.41) is 3.87. The van der Waals surface area contributed by atoms with Gasteiger partial charge in [-0.15, -0.1) is 0 Å². The lowest BCUT2D eigenvalue weighted by Gasteiger charge is -2.36. The molecule has 0 spiro atoms. The number of nitrogen functional groups attached to an aromatic ring is 1. The van der Waals surface area contributed by atoms with E-state index in [1.807, 2.05) is 31.2 Å². The van der Waals surface area contributed by atoms with Crippen molar-refractivity contribution in [1.82, 2.24) is 4.98 Å². The van der Waals surface area contributed by atoms with Crippen LogP contribution in [-0.2, 0) is 27.1 Å². The van der Waals surface area contributed by atoms with Crippen molar-refractivity contribution < 1.29 is 14.3 Å². The monoisotopic (exact) mass is 455 g/mol. The Morgan fingerprint density at radius 1 is 1.34 bits per heavy atom. The average molecular weight is 456 g/mol. The average Bonchev–Trinajstić information content (AvgIpc) is 2.73. The fourth-order valence-electron chi connectivity index (χ4n) is 4.68. The minimum atomic E-state index is -0.684. The van der Waals surface area contributed by atoms with E-state index in [2.05, 4.69) is 19.2 Å². The van der Waals surface area contributed by atoms with Crippen LogP contribution in [0.2, 0.25) is 5.02 Å². The zero-order valence-electron chi connectivity index (χ0n) is 19.2. The predicted octanol–water partition coefficient (Wildman–Crippen LogP) is 5.20. The Kier molecular flexibility index (Phi) is 5.94. The number of benzene rings is 1. The molecule has 3 N–H and O–H groups in total. The molecule has 0 bridgehead atoms. The first kappa shape index (κ1) is 22.6. The Morgan fingerprint density at radius 2 is 2.06 bits per heavy atom. The number of nitrogens with zero attached hydrogens (tertiary/aromatic N) is 1. The molecule has 0 amide bonds. The zero-order valence-corrected chi connectivity index (χ0v) is 20.0. The number of fused-ring (bicyclic) bond motifs is 2. The second kappa shape index (κ2) is 8.41. The molecule has 1 aromatic heterocycles. The van der Waals surface area contributed by atoms with Gasteiger partial charge in [0, 0.05) is 34.8 Å². The summed E-state index contributed by atoms with van der Waals surface area (Å²) in [7, 11) is 1.50. The van der Waals surface area contributed by atoms with Gasteiger partial charge in [0.05, 0.1) is 11.5 Å². The molecule has 0 saturated heterocycles. The van der Waals surface area contributed by atoms with Gasteiger partial charge in [-0.05, 0) is 55.7 Å². The molecular formula is C25H30ClN3O3. The van der Waals surface area contributed by atoms with E-state index in [1.165, 1.54) is 7.11 Å². The highest BCUT2D eigenvalue weighted by Crippen LogP contribution is 2.49. The summed E-state index contributed by atoms with van der Waals surface area (Å²) in [6.45, 7) is 8.02. The van der Waals surface area contributed by atoms with Crippen LogP contribution in [0, 0.1) is 5.41 Å². The molecule has 6 nitrogen and oxygen atoms in total. The third-order valence-corrected chi connectivity index (χ3v) is 6.83. The number of aromatic nitrogens is 1. The number of carbonyl (C=O) groups excluding carboxylic acids is 1. The Morgan fingerprint density at radius 3 is 2.75 bits per heavy atom. The van der Waals surface area contributed by atoms with Crippen molar-refractivity contribution >= 4 is 29.1 Å². The summed E-state index contributed by atoms with van der Waals surface area (Å²) < 4.78 is 10.7. The molecule has 2 unspecified atom stereocenters. The lowest BCUT2D eigenvalue weighted by molar-refractivity contribution is -0.165. The van der Waals surface area contributed by atoms with Crippen LogP contribution in [0.3, 0.4) is 0 Å². The first-order valence-corrected chi connectivity index (χ1v) is 11.3. The van der Waals surface area contributed by atoms with Crippen LogP contribution in [0.25, 0.3) is 0 Å². The molecule has 2 aliphatic rings. The minimum absolute atomic E-state index is 0.139. The maximum Gasteiger partial charge on any atom is 0.339 e. The Bertz CT molecular complexity index is 1110. The van der Waals surface area contributed by atoms with E-state index in [9.17, 15) is 4.79 Å². The van der Waals surface area contributed by atoms with Gasteiger partial charge in [-0.25, -0.2) is 9.78 Å². The molecule has 32 heavy (non-hydrogen) atoms. The number of allylic oxidation sites excluding steroid dienone is 1. The molecule has 1 aromatic carbocycles. The number of ether oxygens (including phenoxy) is 2. The molecule has 2 heterocycles. The van der Waals surface area contributed by atoms with Gasteiger partial charge in [0.1, 0.15) is 5.82 Å². The summed E-state index contributed by atoms with van der Waals surface area (Å²) >= 11 is 6.63. The smallest absolute Gasteiger partial charge is 0.339 e. The number of nitrogens with one attached hydrogen (secondary N) is 1. The normalized spacial score (nSPS) is 20.1. The van der Waals surface area contributed by atoms with Crippen molar-refractivity contribution in [2.45, 2.75) is 59.2 Å². The number of hydrogen-bond acceptors (Lipinski definition) is 6. The van der Waals surface area contributed by atoms with Crippen molar-refractivity contribution in [3.63, 3.8) is 0 Å². The third kappa shape index (κ3) is 3.97. The summed E-state index contributed by atoms with van der Waals surface area (Å²) in [5.41, 5.74) is 12.4. The predicted molar refractivity (Wildman–Crippen MR) is 127 cm³/mol. The molecule has 4 rings (SSSR count). The largest absolute Gasteiger partial charge is 0.433 e. The number of methoxy groups -OCH3 is 1. The highest BCUT2D eigenvalue weighted by molar-refractivity contribution is 6.31. The SMILES string of the molecule is COC(C)OC(=O)C1=C(C)Nc2nc3c(c(N)c2C1c1ccccc1Cl)CC(C)(C)CC3. The molecule has 170 valence electrons. The first-order valence-electron chi connectivity index (χ1n) is 10.9. The summed E-state index contributed by atoms with van der Waals surface area (Å²) in [5.74, 6) is -0.295. The molecule has 1 aliphatic heterocycles. The van der Waals surface area contributed by atoms with Gasteiger partial charge in [-0.1, -0.05) is 43.6 Å². The Hall–Kier alpha value is -2.57. The van der Waals surface area contributed by atoms with Crippen molar-refractivity contribution in [3.8, 4) is 0 Å². The standard InChI is InChI=1S/C25H30ClN3O3/c1-13-19(24(30)32-14(2)31-5)20(15-8-6-7-9-17(15)26)21-22(27)16-12-25(3,4)11-10-18(16)29-23(21)28-13/h6-9,14,20H,10-12H2,1-5H3,(H3,27,28,29). The molecule has 0 radical (unpaired) electrons. The lowest BCUT2D eigenvalue weighted by Crippen LogP contribution is -2.31.